The van der Waals surface area contributed by atoms with Crippen molar-refractivity contribution in [3.05, 3.63) is 52.6 Å². The van der Waals surface area contributed by atoms with Gasteiger partial charge in [-0.3, -0.25) is 0 Å². The van der Waals surface area contributed by atoms with Crippen LogP contribution in [0.1, 0.15) is 5.56 Å². The fourth-order valence-electron chi connectivity index (χ4n) is 1.45. The van der Waals surface area contributed by atoms with Crippen molar-refractivity contribution in [1.82, 2.24) is 4.98 Å². The molecule has 1 aromatic carbocycles. The Morgan fingerprint density at radius 3 is 2.59 bits per heavy atom. The maximum absolute atomic E-state index is 5.52. The number of hydrogen-bond acceptors (Lipinski definition) is 3. The second kappa shape index (κ2) is 6.19. The van der Waals surface area contributed by atoms with Crippen molar-refractivity contribution >= 4 is 27.7 Å². The molecule has 0 radical (unpaired) electrons. The van der Waals surface area contributed by atoms with E-state index >= 15 is 0 Å². The first kappa shape index (κ1) is 12.6. The number of benzene rings is 1. The number of pyridine rings is 1. The maximum atomic E-state index is 5.52. The highest BCUT2D eigenvalue weighted by atomic mass is 79.9. The Morgan fingerprint density at radius 2 is 1.94 bits per heavy atom. The van der Waals surface area contributed by atoms with Crippen LogP contribution in [0.4, 0.5) is 0 Å². The molecule has 0 saturated heterocycles. The van der Waals surface area contributed by atoms with Crippen molar-refractivity contribution in [3.63, 3.8) is 0 Å². The fourth-order valence-corrected chi connectivity index (χ4v) is 2.72. The summed E-state index contributed by atoms with van der Waals surface area (Å²) >= 11 is 5.14. The zero-order valence-corrected chi connectivity index (χ0v) is 11.7. The largest absolute Gasteiger partial charge is 0.330 e. The zero-order valence-electron chi connectivity index (χ0n) is 9.27. The lowest BCUT2D eigenvalue weighted by Gasteiger charge is -2.04. The molecule has 0 amide bonds. The van der Waals surface area contributed by atoms with Gasteiger partial charge in [0.05, 0.1) is 4.47 Å². The van der Waals surface area contributed by atoms with E-state index in [2.05, 4.69) is 45.2 Å². The number of aromatic nitrogens is 1. The molecule has 2 N–H and O–H groups in total. The minimum atomic E-state index is 0.693. The first-order valence-corrected chi connectivity index (χ1v) is 6.98. The van der Waals surface area contributed by atoms with E-state index in [-0.39, 0.29) is 0 Å². The molecular weight excluding hydrogens is 296 g/mol. The number of nitrogens with zero attached hydrogens (tertiary/aromatic N) is 1. The third kappa shape index (κ3) is 3.56. The van der Waals surface area contributed by atoms with Crippen LogP contribution in [-0.4, -0.2) is 11.5 Å². The molecule has 0 unspecified atom stereocenters. The average Bonchev–Trinajstić information content (AvgIpc) is 2.35. The van der Waals surface area contributed by atoms with E-state index in [9.17, 15) is 0 Å². The van der Waals surface area contributed by atoms with Gasteiger partial charge in [-0.2, -0.15) is 0 Å². The molecule has 0 fully saturated rings. The smallest absolute Gasteiger partial charge is 0.115 e. The Bertz CT molecular complexity index is 485. The van der Waals surface area contributed by atoms with Gasteiger partial charge in [-0.25, -0.2) is 4.98 Å². The number of rotatable bonds is 4. The fraction of sp³-hybridized carbons (Fsp3) is 0.154. The first-order chi connectivity index (χ1) is 8.29. The summed E-state index contributed by atoms with van der Waals surface area (Å²) in [5, 5.41) is 0.985. The Balaban J connectivity index is 2.11. The molecule has 0 aliphatic carbocycles. The molecule has 0 spiro atoms. The number of halogens is 1. The van der Waals surface area contributed by atoms with Crippen LogP contribution in [0.5, 0.6) is 0 Å². The molecule has 1 aromatic heterocycles. The molecule has 0 aliphatic rings. The summed E-state index contributed by atoms with van der Waals surface area (Å²) in [5.74, 6) is 0. The maximum Gasteiger partial charge on any atom is 0.115 e. The van der Waals surface area contributed by atoms with Crippen molar-refractivity contribution in [3.8, 4) is 0 Å². The summed E-state index contributed by atoms with van der Waals surface area (Å²) in [7, 11) is 0. The molecule has 0 aliphatic heterocycles. The monoisotopic (exact) mass is 308 g/mol. The van der Waals surface area contributed by atoms with Crippen molar-refractivity contribution in [2.45, 2.75) is 16.3 Å². The number of hydrogen-bond donors (Lipinski definition) is 1. The van der Waals surface area contributed by atoms with E-state index in [1.165, 1.54) is 10.5 Å². The van der Waals surface area contributed by atoms with E-state index in [4.69, 9.17) is 5.73 Å². The zero-order chi connectivity index (χ0) is 12.1. The van der Waals surface area contributed by atoms with Gasteiger partial charge < -0.3 is 5.73 Å². The highest BCUT2D eigenvalue weighted by Crippen LogP contribution is 2.31. The molecule has 4 heteroatoms. The molecule has 2 rings (SSSR count). The summed E-state index contributed by atoms with van der Waals surface area (Å²) in [5.41, 5.74) is 6.80. The second-order valence-electron chi connectivity index (χ2n) is 3.58. The van der Waals surface area contributed by atoms with Gasteiger partial charge in [0.2, 0.25) is 0 Å². The molecule has 17 heavy (non-hydrogen) atoms. The summed E-state index contributed by atoms with van der Waals surface area (Å²) < 4.78 is 1.02. The van der Waals surface area contributed by atoms with Gasteiger partial charge in [0.1, 0.15) is 5.03 Å². The van der Waals surface area contributed by atoms with E-state index in [0.717, 1.165) is 15.9 Å². The van der Waals surface area contributed by atoms with Crippen molar-refractivity contribution in [2.75, 3.05) is 6.54 Å². The second-order valence-corrected chi connectivity index (χ2v) is 5.49. The van der Waals surface area contributed by atoms with Crippen molar-refractivity contribution < 1.29 is 0 Å². The summed E-state index contributed by atoms with van der Waals surface area (Å²) in [6.07, 6.45) is 2.73. The Morgan fingerprint density at radius 1 is 1.18 bits per heavy atom. The molecule has 1 heterocycles. The SMILES string of the molecule is NCCc1ccc(Sc2ncccc2Br)cc1. The van der Waals surface area contributed by atoms with Crippen LogP contribution >= 0.6 is 27.7 Å². The van der Waals surface area contributed by atoms with Gasteiger partial charge in [-0.1, -0.05) is 23.9 Å². The summed E-state index contributed by atoms with van der Waals surface area (Å²) in [4.78, 5) is 5.51. The molecule has 0 atom stereocenters. The van der Waals surface area contributed by atoms with E-state index in [1.54, 1.807) is 18.0 Å². The van der Waals surface area contributed by atoms with Gasteiger partial charge in [-0.05, 0) is 58.7 Å². The quantitative estimate of drug-likeness (QED) is 0.939. The normalized spacial score (nSPS) is 10.5. The molecule has 88 valence electrons. The van der Waals surface area contributed by atoms with Gasteiger partial charge in [0, 0.05) is 11.1 Å². The molecule has 0 saturated carbocycles. The van der Waals surface area contributed by atoms with Gasteiger partial charge >= 0.3 is 0 Å². The predicted molar refractivity (Wildman–Crippen MR) is 75.3 cm³/mol. The van der Waals surface area contributed by atoms with Crippen LogP contribution in [-0.2, 0) is 6.42 Å². The minimum Gasteiger partial charge on any atom is -0.330 e. The van der Waals surface area contributed by atoms with Crippen LogP contribution in [0.2, 0.25) is 0 Å². The van der Waals surface area contributed by atoms with Crippen LogP contribution in [0.3, 0.4) is 0 Å². The minimum absolute atomic E-state index is 0.693. The average molecular weight is 309 g/mol. The van der Waals surface area contributed by atoms with Crippen LogP contribution in [0, 0.1) is 0 Å². The van der Waals surface area contributed by atoms with E-state index in [0.29, 0.717) is 6.54 Å². The lowest BCUT2D eigenvalue weighted by Crippen LogP contribution is -2.02. The third-order valence-electron chi connectivity index (χ3n) is 2.30. The lowest BCUT2D eigenvalue weighted by molar-refractivity contribution is 0.966. The van der Waals surface area contributed by atoms with Crippen LogP contribution in [0.15, 0.2) is 57.0 Å². The first-order valence-electron chi connectivity index (χ1n) is 5.37. The molecular formula is C13H13BrN2S. The Labute approximate surface area is 114 Å². The topological polar surface area (TPSA) is 38.9 Å². The Kier molecular flexibility index (Phi) is 4.59. The number of nitrogens with two attached hydrogens (primary N) is 1. The van der Waals surface area contributed by atoms with Crippen LogP contribution in [0.25, 0.3) is 0 Å². The van der Waals surface area contributed by atoms with Gasteiger partial charge in [0.15, 0.2) is 0 Å². The Hall–Kier alpha value is -0.840. The van der Waals surface area contributed by atoms with Crippen molar-refractivity contribution in [2.24, 2.45) is 5.73 Å². The summed E-state index contributed by atoms with van der Waals surface area (Å²) in [6, 6.07) is 12.4. The highest BCUT2D eigenvalue weighted by Gasteiger charge is 2.02. The molecule has 2 aromatic rings. The van der Waals surface area contributed by atoms with Crippen LogP contribution < -0.4 is 5.73 Å². The van der Waals surface area contributed by atoms with Crippen molar-refractivity contribution in [1.29, 1.82) is 0 Å². The standard InChI is InChI=1S/C13H13BrN2S/c14-12-2-1-9-16-13(12)17-11-5-3-10(4-6-11)7-8-15/h1-6,9H,7-8,15H2. The summed E-state index contributed by atoms with van der Waals surface area (Å²) in [6.45, 7) is 0.693. The van der Waals surface area contributed by atoms with E-state index in [1.807, 2.05) is 12.1 Å². The van der Waals surface area contributed by atoms with Gasteiger partial charge in [-0.15, -0.1) is 0 Å². The highest BCUT2D eigenvalue weighted by molar-refractivity contribution is 9.10. The molecule has 0 bridgehead atoms. The lowest BCUT2D eigenvalue weighted by atomic mass is 10.2. The van der Waals surface area contributed by atoms with Gasteiger partial charge in [0.25, 0.3) is 0 Å². The molecule has 2 nitrogen and oxygen atoms in total. The third-order valence-corrected chi connectivity index (χ3v) is 4.22. The predicted octanol–water partition coefficient (Wildman–Crippen LogP) is 3.50. The van der Waals surface area contributed by atoms with E-state index < -0.39 is 0 Å².